The van der Waals surface area contributed by atoms with Crippen LogP contribution in [0.3, 0.4) is 0 Å². The molecule has 24 heavy (non-hydrogen) atoms. The zero-order chi connectivity index (χ0) is 17.2. The van der Waals surface area contributed by atoms with E-state index in [1.165, 1.54) is 0 Å². The highest BCUT2D eigenvalue weighted by atomic mass is 35.5. The first-order valence-electron chi connectivity index (χ1n) is 8.51. The monoisotopic (exact) mass is 368 g/mol. The molecule has 130 valence electrons. The molecule has 3 aliphatic rings. The van der Waals surface area contributed by atoms with Crippen LogP contribution < -0.4 is 4.74 Å². The van der Waals surface area contributed by atoms with Crippen molar-refractivity contribution in [1.82, 2.24) is 0 Å². The van der Waals surface area contributed by atoms with Crippen LogP contribution in [0.4, 0.5) is 0 Å². The number of hydrogen-bond acceptors (Lipinski definition) is 3. The molecule has 0 N–H and O–H groups in total. The highest BCUT2D eigenvalue weighted by Crippen LogP contribution is 2.79. The van der Waals surface area contributed by atoms with Gasteiger partial charge in [0.05, 0.1) is 0 Å². The van der Waals surface area contributed by atoms with Crippen molar-refractivity contribution in [3.05, 3.63) is 30.3 Å². The minimum atomic E-state index is -0.762. The SMILES string of the molecule is CC1(C)[C@@H]2C[C@H](OC(=O)COc3ccccc3)[C@]3(C[C@@H]21)CC3(Cl)Cl. The van der Waals surface area contributed by atoms with Crippen molar-refractivity contribution < 1.29 is 14.3 Å². The van der Waals surface area contributed by atoms with Crippen molar-refractivity contribution in [3.63, 3.8) is 0 Å². The summed E-state index contributed by atoms with van der Waals surface area (Å²) in [7, 11) is 0. The molecule has 0 radical (unpaired) electrons. The number of carbonyl (C=O) groups is 1. The first-order valence-corrected chi connectivity index (χ1v) is 9.27. The van der Waals surface area contributed by atoms with E-state index in [1.807, 2.05) is 30.3 Å². The van der Waals surface area contributed by atoms with Gasteiger partial charge in [0.25, 0.3) is 0 Å². The van der Waals surface area contributed by atoms with E-state index in [0.717, 1.165) is 12.8 Å². The fourth-order valence-corrected chi connectivity index (χ4v) is 5.52. The van der Waals surface area contributed by atoms with Gasteiger partial charge in [-0.15, -0.1) is 23.2 Å². The average Bonchev–Trinajstić information content (AvgIpc) is 3.28. The van der Waals surface area contributed by atoms with Crippen LogP contribution in [0, 0.1) is 22.7 Å². The summed E-state index contributed by atoms with van der Waals surface area (Å²) < 4.78 is 10.5. The maximum atomic E-state index is 12.3. The van der Waals surface area contributed by atoms with E-state index < -0.39 is 4.33 Å². The fraction of sp³-hybridized carbons (Fsp3) is 0.632. The summed E-state index contributed by atoms with van der Waals surface area (Å²) in [5.41, 5.74) is 0.0363. The lowest BCUT2D eigenvalue weighted by atomic mass is 9.83. The fourth-order valence-electron chi connectivity index (χ4n) is 4.65. The van der Waals surface area contributed by atoms with Gasteiger partial charge < -0.3 is 9.47 Å². The van der Waals surface area contributed by atoms with Gasteiger partial charge in [-0.1, -0.05) is 32.0 Å². The van der Waals surface area contributed by atoms with Gasteiger partial charge in [-0.2, -0.15) is 0 Å². The molecular weight excluding hydrogens is 347 g/mol. The maximum absolute atomic E-state index is 12.3. The molecule has 4 rings (SSSR count). The molecule has 0 amide bonds. The smallest absolute Gasteiger partial charge is 0.344 e. The predicted molar refractivity (Wildman–Crippen MR) is 93.3 cm³/mol. The minimum absolute atomic E-state index is 0.0916. The summed E-state index contributed by atoms with van der Waals surface area (Å²) in [6, 6.07) is 9.27. The number of fused-ring (bicyclic) bond motifs is 1. The molecular formula is C19H22Cl2O3. The third kappa shape index (κ3) is 2.52. The normalized spacial score (nSPS) is 37.4. The van der Waals surface area contributed by atoms with Gasteiger partial charge in [-0.05, 0) is 48.6 Å². The molecule has 1 aromatic rings. The zero-order valence-electron chi connectivity index (χ0n) is 13.9. The number of carbonyl (C=O) groups excluding carboxylic acids is 1. The summed E-state index contributed by atoms with van der Waals surface area (Å²) >= 11 is 12.9. The number of benzene rings is 1. The Balaban J connectivity index is 1.40. The number of alkyl halides is 2. The third-order valence-corrected chi connectivity index (χ3v) is 7.49. The molecule has 3 saturated carbocycles. The Morgan fingerprint density at radius 1 is 1.21 bits per heavy atom. The quantitative estimate of drug-likeness (QED) is 0.575. The van der Waals surface area contributed by atoms with E-state index >= 15 is 0 Å². The lowest BCUT2D eigenvalue weighted by Crippen LogP contribution is -2.37. The molecule has 5 heteroatoms. The predicted octanol–water partition coefficient (Wildman–Crippen LogP) is 4.61. The van der Waals surface area contributed by atoms with E-state index in [2.05, 4.69) is 13.8 Å². The van der Waals surface area contributed by atoms with Gasteiger partial charge in [0, 0.05) is 5.41 Å². The summed E-state index contributed by atoms with van der Waals surface area (Å²) in [6.45, 7) is 4.47. The summed E-state index contributed by atoms with van der Waals surface area (Å²) in [5.74, 6) is 1.55. The Morgan fingerprint density at radius 3 is 2.50 bits per heavy atom. The number of para-hydroxylation sites is 1. The number of ether oxygens (including phenoxy) is 2. The van der Waals surface area contributed by atoms with E-state index in [0.29, 0.717) is 29.4 Å². The minimum Gasteiger partial charge on any atom is -0.482 e. The Kier molecular flexibility index (Phi) is 3.64. The molecule has 4 atom stereocenters. The number of halogens is 2. The number of esters is 1. The zero-order valence-corrected chi connectivity index (χ0v) is 15.4. The van der Waals surface area contributed by atoms with Gasteiger partial charge in [-0.3, -0.25) is 0 Å². The van der Waals surface area contributed by atoms with Crippen LogP contribution in [0.2, 0.25) is 0 Å². The largest absolute Gasteiger partial charge is 0.482 e. The van der Waals surface area contributed by atoms with Gasteiger partial charge in [-0.25, -0.2) is 4.79 Å². The summed E-state index contributed by atoms with van der Waals surface area (Å²) in [4.78, 5) is 12.3. The number of rotatable bonds is 4. The Hall–Kier alpha value is -0.930. The van der Waals surface area contributed by atoms with Crippen molar-refractivity contribution in [2.45, 2.75) is 43.5 Å². The van der Waals surface area contributed by atoms with E-state index in [4.69, 9.17) is 32.7 Å². The maximum Gasteiger partial charge on any atom is 0.344 e. The standard InChI is InChI=1S/C19H22Cl2O3/c1-17(2)13-8-15(18(9-14(13)17)11-19(18,20)21)24-16(22)10-23-12-6-4-3-5-7-12/h3-7,13-15H,8-11H2,1-2H3/t13-,14+,15+,18+/m1/s1. The molecule has 0 bridgehead atoms. The topological polar surface area (TPSA) is 35.5 Å². The first-order chi connectivity index (χ1) is 11.3. The Morgan fingerprint density at radius 2 is 1.88 bits per heavy atom. The van der Waals surface area contributed by atoms with Gasteiger partial charge in [0.1, 0.15) is 16.2 Å². The van der Waals surface area contributed by atoms with E-state index in [-0.39, 0.29) is 24.1 Å². The van der Waals surface area contributed by atoms with Crippen LogP contribution in [0.15, 0.2) is 30.3 Å². The highest BCUT2D eigenvalue weighted by molar-refractivity contribution is 6.51. The summed E-state index contributed by atoms with van der Waals surface area (Å²) in [6.07, 6.45) is 2.31. The van der Waals surface area contributed by atoms with Crippen molar-refractivity contribution >= 4 is 29.2 Å². The van der Waals surface area contributed by atoms with Crippen LogP contribution >= 0.6 is 23.2 Å². The number of hydrogen-bond donors (Lipinski definition) is 0. The van der Waals surface area contributed by atoms with E-state index in [9.17, 15) is 4.79 Å². The second kappa shape index (κ2) is 5.28. The molecule has 0 heterocycles. The molecule has 3 aliphatic carbocycles. The van der Waals surface area contributed by atoms with Gasteiger partial charge in [0.15, 0.2) is 6.61 Å². The average molecular weight is 369 g/mol. The van der Waals surface area contributed by atoms with Gasteiger partial charge >= 0.3 is 5.97 Å². The van der Waals surface area contributed by atoms with Crippen molar-refractivity contribution in [1.29, 1.82) is 0 Å². The van der Waals surface area contributed by atoms with Crippen LogP contribution in [-0.2, 0) is 9.53 Å². The third-order valence-electron chi connectivity index (χ3n) is 6.47. The lowest BCUT2D eigenvalue weighted by Gasteiger charge is -2.32. The molecule has 1 aromatic carbocycles. The van der Waals surface area contributed by atoms with Crippen LogP contribution in [0.1, 0.15) is 33.1 Å². The van der Waals surface area contributed by atoms with Crippen molar-refractivity contribution in [2.75, 3.05) is 6.61 Å². The molecule has 0 aliphatic heterocycles. The Bertz CT molecular complexity index is 658. The lowest BCUT2D eigenvalue weighted by molar-refractivity contribution is -0.157. The second-order valence-electron chi connectivity index (χ2n) is 8.09. The molecule has 3 nitrogen and oxygen atoms in total. The molecule has 0 unspecified atom stereocenters. The first kappa shape index (κ1) is 16.5. The molecule has 0 aromatic heterocycles. The molecule has 0 saturated heterocycles. The second-order valence-corrected chi connectivity index (χ2v) is 9.58. The van der Waals surface area contributed by atoms with E-state index in [1.54, 1.807) is 0 Å². The van der Waals surface area contributed by atoms with Crippen molar-refractivity contribution in [3.8, 4) is 5.75 Å². The van der Waals surface area contributed by atoms with Crippen LogP contribution in [0.5, 0.6) is 5.75 Å². The molecule has 3 fully saturated rings. The van der Waals surface area contributed by atoms with Crippen molar-refractivity contribution in [2.24, 2.45) is 22.7 Å². The van der Waals surface area contributed by atoms with Gasteiger partial charge in [0.2, 0.25) is 0 Å². The highest BCUT2D eigenvalue weighted by Gasteiger charge is 2.78. The Labute approximate surface area is 152 Å². The molecule has 1 spiro atoms. The van der Waals surface area contributed by atoms with Crippen LogP contribution in [0.25, 0.3) is 0 Å². The van der Waals surface area contributed by atoms with Crippen LogP contribution in [-0.4, -0.2) is 23.0 Å². The summed E-state index contributed by atoms with van der Waals surface area (Å²) in [5, 5.41) is 0.